The van der Waals surface area contributed by atoms with E-state index in [0.29, 0.717) is 13.2 Å². The van der Waals surface area contributed by atoms with E-state index in [1.54, 1.807) is 0 Å². The molecular weight excluding hydrogens is 308 g/mol. The predicted molar refractivity (Wildman–Crippen MR) is 78.9 cm³/mol. The zero-order valence-electron chi connectivity index (χ0n) is 11.3. The van der Waals surface area contributed by atoms with Crippen molar-refractivity contribution in [2.45, 2.75) is 45.1 Å². The second kappa shape index (κ2) is 7.15. The SMILES string of the molecule is CCCCCC(O)c1cc2c(cc1Br)OCCCO2. The number of fused-ring (bicyclic) bond motifs is 1. The van der Waals surface area contributed by atoms with Crippen molar-refractivity contribution >= 4 is 15.9 Å². The van der Waals surface area contributed by atoms with Gasteiger partial charge in [0.05, 0.1) is 19.3 Å². The van der Waals surface area contributed by atoms with E-state index >= 15 is 0 Å². The Morgan fingerprint density at radius 1 is 1.21 bits per heavy atom. The van der Waals surface area contributed by atoms with Crippen LogP contribution >= 0.6 is 15.9 Å². The van der Waals surface area contributed by atoms with Gasteiger partial charge in [0.1, 0.15) is 0 Å². The van der Waals surface area contributed by atoms with Crippen molar-refractivity contribution < 1.29 is 14.6 Å². The van der Waals surface area contributed by atoms with Crippen LogP contribution in [0.1, 0.15) is 50.7 Å². The van der Waals surface area contributed by atoms with Gasteiger partial charge in [-0.1, -0.05) is 42.1 Å². The lowest BCUT2D eigenvalue weighted by Crippen LogP contribution is -2.01. The van der Waals surface area contributed by atoms with Crippen molar-refractivity contribution in [1.29, 1.82) is 0 Å². The Balaban J connectivity index is 2.14. The van der Waals surface area contributed by atoms with Crippen LogP contribution in [0.3, 0.4) is 0 Å². The summed E-state index contributed by atoms with van der Waals surface area (Å²) >= 11 is 3.51. The van der Waals surface area contributed by atoms with Gasteiger partial charge in [0, 0.05) is 10.9 Å². The van der Waals surface area contributed by atoms with Crippen LogP contribution in [0, 0.1) is 0 Å². The number of hydrogen-bond donors (Lipinski definition) is 1. The summed E-state index contributed by atoms with van der Waals surface area (Å²) in [5.41, 5.74) is 0.889. The predicted octanol–water partition coefficient (Wildman–Crippen LogP) is 4.22. The molecule has 2 rings (SSSR count). The van der Waals surface area contributed by atoms with Crippen molar-refractivity contribution in [3.05, 3.63) is 22.2 Å². The van der Waals surface area contributed by atoms with Gasteiger partial charge in [0.15, 0.2) is 11.5 Å². The largest absolute Gasteiger partial charge is 0.490 e. The third-order valence-corrected chi connectivity index (χ3v) is 3.99. The van der Waals surface area contributed by atoms with Crippen molar-refractivity contribution in [2.24, 2.45) is 0 Å². The molecule has 0 bridgehead atoms. The van der Waals surface area contributed by atoms with Crippen LogP contribution in [0.4, 0.5) is 0 Å². The maximum Gasteiger partial charge on any atom is 0.162 e. The number of aliphatic hydroxyl groups is 1. The van der Waals surface area contributed by atoms with Gasteiger partial charge in [-0.3, -0.25) is 0 Å². The highest BCUT2D eigenvalue weighted by molar-refractivity contribution is 9.10. The van der Waals surface area contributed by atoms with Crippen molar-refractivity contribution in [3.8, 4) is 11.5 Å². The summed E-state index contributed by atoms with van der Waals surface area (Å²) in [4.78, 5) is 0. The Morgan fingerprint density at radius 2 is 1.89 bits per heavy atom. The van der Waals surface area contributed by atoms with Crippen molar-refractivity contribution in [2.75, 3.05) is 13.2 Å². The fourth-order valence-corrected chi connectivity index (χ4v) is 2.78. The normalized spacial score (nSPS) is 15.9. The van der Waals surface area contributed by atoms with Crippen LogP contribution in [-0.4, -0.2) is 18.3 Å². The number of hydrogen-bond acceptors (Lipinski definition) is 3. The topological polar surface area (TPSA) is 38.7 Å². The number of rotatable bonds is 5. The minimum absolute atomic E-state index is 0.446. The van der Waals surface area contributed by atoms with Crippen LogP contribution in [0.5, 0.6) is 11.5 Å². The highest BCUT2D eigenvalue weighted by atomic mass is 79.9. The van der Waals surface area contributed by atoms with Crippen LogP contribution in [0.15, 0.2) is 16.6 Å². The second-order valence-corrected chi connectivity index (χ2v) is 5.74. The van der Waals surface area contributed by atoms with Gasteiger partial charge < -0.3 is 14.6 Å². The summed E-state index contributed by atoms with van der Waals surface area (Å²) in [5.74, 6) is 1.50. The average Bonchev–Trinajstić information content (AvgIpc) is 2.62. The standard InChI is InChI=1S/C15H21BrO3/c1-2-3-4-6-13(17)11-9-14-15(10-12(11)16)19-8-5-7-18-14/h9-10,13,17H,2-8H2,1H3. The number of unbranched alkanes of at least 4 members (excludes halogenated alkanes) is 2. The molecule has 0 aliphatic carbocycles. The zero-order valence-corrected chi connectivity index (χ0v) is 12.9. The first-order valence-electron chi connectivity index (χ1n) is 6.99. The number of benzene rings is 1. The lowest BCUT2D eigenvalue weighted by molar-refractivity contribution is 0.162. The van der Waals surface area contributed by atoms with Gasteiger partial charge in [-0.05, 0) is 24.1 Å². The second-order valence-electron chi connectivity index (χ2n) is 4.88. The molecule has 1 aliphatic heterocycles. The molecule has 19 heavy (non-hydrogen) atoms. The number of ether oxygens (including phenoxy) is 2. The molecule has 1 aromatic rings. The Labute approximate surface area is 123 Å². The lowest BCUT2D eigenvalue weighted by Gasteiger charge is -2.16. The van der Waals surface area contributed by atoms with Crippen LogP contribution < -0.4 is 9.47 Å². The van der Waals surface area contributed by atoms with Gasteiger partial charge >= 0.3 is 0 Å². The van der Waals surface area contributed by atoms with Gasteiger partial charge in [0.25, 0.3) is 0 Å². The maximum atomic E-state index is 10.3. The molecule has 0 spiro atoms. The summed E-state index contributed by atoms with van der Waals surface area (Å²) in [6.45, 7) is 3.51. The summed E-state index contributed by atoms with van der Waals surface area (Å²) in [6, 6.07) is 3.81. The molecule has 1 atom stereocenters. The van der Waals surface area contributed by atoms with Crippen LogP contribution in [0.2, 0.25) is 0 Å². The summed E-state index contributed by atoms with van der Waals surface area (Å²) in [6.07, 6.45) is 4.58. The molecule has 0 radical (unpaired) electrons. The molecule has 1 aliphatic rings. The van der Waals surface area contributed by atoms with E-state index < -0.39 is 6.10 Å². The third kappa shape index (κ3) is 3.86. The molecule has 0 amide bonds. The number of halogens is 1. The molecule has 3 nitrogen and oxygen atoms in total. The van der Waals surface area contributed by atoms with E-state index in [2.05, 4.69) is 22.9 Å². The molecule has 0 saturated heterocycles. The van der Waals surface area contributed by atoms with Gasteiger partial charge in [0.2, 0.25) is 0 Å². The molecule has 106 valence electrons. The Morgan fingerprint density at radius 3 is 2.58 bits per heavy atom. The minimum Gasteiger partial charge on any atom is -0.490 e. The smallest absolute Gasteiger partial charge is 0.162 e. The lowest BCUT2D eigenvalue weighted by atomic mass is 10.0. The fourth-order valence-electron chi connectivity index (χ4n) is 2.20. The summed E-state index contributed by atoms with van der Waals surface area (Å²) in [7, 11) is 0. The summed E-state index contributed by atoms with van der Waals surface area (Å²) < 4.78 is 12.2. The molecule has 1 heterocycles. The van der Waals surface area contributed by atoms with Gasteiger partial charge in [-0.15, -0.1) is 0 Å². The Kier molecular flexibility index (Phi) is 5.52. The van der Waals surface area contributed by atoms with Crippen LogP contribution in [0.25, 0.3) is 0 Å². The fraction of sp³-hybridized carbons (Fsp3) is 0.600. The molecule has 4 heteroatoms. The first kappa shape index (κ1) is 14.7. The summed E-state index contributed by atoms with van der Waals surface area (Å²) in [5, 5.41) is 10.3. The van der Waals surface area contributed by atoms with Crippen molar-refractivity contribution in [3.63, 3.8) is 0 Å². The molecule has 1 aromatic carbocycles. The molecule has 1 unspecified atom stereocenters. The van der Waals surface area contributed by atoms with Gasteiger partial charge in [-0.25, -0.2) is 0 Å². The molecular formula is C15H21BrO3. The average molecular weight is 329 g/mol. The van der Waals surface area contributed by atoms with E-state index in [1.807, 2.05) is 12.1 Å². The third-order valence-electron chi connectivity index (χ3n) is 3.31. The number of aliphatic hydroxyl groups excluding tert-OH is 1. The zero-order chi connectivity index (χ0) is 13.7. The van der Waals surface area contributed by atoms with Crippen LogP contribution in [-0.2, 0) is 0 Å². The Hall–Kier alpha value is -0.740. The molecule has 0 aromatic heterocycles. The molecule has 0 saturated carbocycles. The highest BCUT2D eigenvalue weighted by Crippen LogP contribution is 2.38. The first-order valence-corrected chi connectivity index (χ1v) is 7.78. The molecule has 0 fully saturated rings. The van der Waals surface area contributed by atoms with E-state index in [0.717, 1.165) is 53.6 Å². The maximum absolute atomic E-state index is 10.3. The first-order chi connectivity index (χ1) is 9.22. The highest BCUT2D eigenvalue weighted by Gasteiger charge is 2.18. The minimum atomic E-state index is -0.446. The van der Waals surface area contributed by atoms with E-state index in [4.69, 9.17) is 9.47 Å². The quantitative estimate of drug-likeness (QED) is 0.822. The Bertz CT molecular complexity index is 420. The van der Waals surface area contributed by atoms with E-state index in [1.165, 1.54) is 0 Å². The molecule has 1 N–H and O–H groups in total. The van der Waals surface area contributed by atoms with E-state index in [9.17, 15) is 5.11 Å². The van der Waals surface area contributed by atoms with E-state index in [-0.39, 0.29) is 0 Å². The van der Waals surface area contributed by atoms with Gasteiger partial charge in [-0.2, -0.15) is 0 Å². The van der Waals surface area contributed by atoms with Crippen molar-refractivity contribution in [1.82, 2.24) is 0 Å². The monoisotopic (exact) mass is 328 g/mol.